The molecule has 1 aromatic heterocycles. The van der Waals surface area contributed by atoms with Crippen LogP contribution in [0.5, 0.6) is 0 Å². The first kappa shape index (κ1) is 13.5. The van der Waals surface area contributed by atoms with E-state index in [2.05, 4.69) is 10.4 Å². The minimum atomic E-state index is -0.422. The number of hydrogen-bond donors (Lipinski definition) is 1. The van der Waals surface area contributed by atoms with Gasteiger partial charge in [-0.05, 0) is 19.4 Å². The van der Waals surface area contributed by atoms with E-state index in [1.165, 1.54) is 6.92 Å². The lowest BCUT2D eigenvalue weighted by Crippen LogP contribution is -2.39. The van der Waals surface area contributed by atoms with Gasteiger partial charge in [0.05, 0.1) is 17.1 Å². The molecule has 1 N–H and O–H groups in total. The molecule has 1 aromatic carbocycles. The van der Waals surface area contributed by atoms with Crippen LogP contribution in [-0.2, 0) is 16.6 Å². The van der Waals surface area contributed by atoms with Crippen molar-refractivity contribution >= 4 is 28.5 Å². The van der Waals surface area contributed by atoms with Gasteiger partial charge in [0.25, 0.3) is 0 Å². The number of aryl methyl sites for hydroxylation is 1. The molecule has 3 rings (SSSR count). The van der Waals surface area contributed by atoms with Gasteiger partial charge in [-0.15, -0.1) is 0 Å². The Morgan fingerprint density at radius 1 is 1.38 bits per heavy atom. The van der Waals surface area contributed by atoms with E-state index in [1.807, 2.05) is 6.07 Å². The van der Waals surface area contributed by atoms with Crippen LogP contribution < -0.4 is 5.32 Å². The SMILES string of the molecule is CC(=O)c1ccc2c(C3CCC(=O)NC3=O)nn(C)c2c1. The van der Waals surface area contributed by atoms with Crippen molar-refractivity contribution in [2.45, 2.75) is 25.7 Å². The first-order valence-corrected chi connectivity index (χ1v) is 6.78. The van der Waals surface area contributed by atoms with Crippen LogP contribution in [0.3, 0.4) is 0 Å². The van der Waals surface area contributed by atoms with Gasteiger partial charge in [0, 0.05) is 24.4 Å². The number of aromatic nitrogens is 2. The molecule has 0 bridgehead atoms. The van der Waals surface area contributed by atoms with Crippen LogP contribution in [0.15, 0.2) is 18.2 Å². The van der Waals surface area contributed by atoms with Crippen LogP contribution in [-0.4, -0.2) is 27.4 Å². The molecule has 6 nitrogen and oxygen atoms in total. The van der Waals surface area contributed by atoms with Crippen LogP contribution in [0.4, 0.5) is 0 Å². The van der Waals surface area contributed by atoms with Gasteiger partial charge in [0.1, 0.15) is 0 Å². The predicted molar refractivity (Wildman–Crippen MR) is 75.8 cm³/mol. The van der Waals surface area contributed by atoms with Crippen molar-refractivity contribution in [2.75, 3.05) is 0 Å². The van der Waals surface area contributed by atoms with Crippen molar-refractivity contribution in [3.8, 4) is 0 Å². The average Bonchev–Trinajstić information content (AvgIpc) is 2.75. The second-order valence-electron chi connectivity index (χ2n) is 5.30. The molecule has 2 aromatic rings. The number of fused-ring (bicyclic) bond motifs is 1. The molecule has 0 saturated carbocycles. The predicted octanol–water partition coefficient (Wildman–Crippen LogP) is 1.30. The lowest BCUT2D eigenvalue weighted by molar-refractivity contribution is -0.134. The molecule has 1 fully saturated rings. The molecule has 1 unspecified atom stereocenters. The summed E-state index contributed by atoms with van der Waals surface area (Å²) in [6.45, 7) is 1.51. The Labute approximate surface area is 121 Å². The maximum atomic E-state index is 12.0. The average molecular weight is 285 g/mol. The van der Waals surface area contributed by atoms with E-state index in [1.54, 1.807) is 23.9 Å². The van der Waals surface area contributed by atoms with Crippen LogP contribution in [0.1, 0.15) is 41.7 Å². The van der Waals surface area contributed by atoms with Gasteiger partial charge in [-0.25, -0.2) is 0 Å². The fraction of sp³-hybridized carbons (Fsp3) is 0.333. The molecule has 6 heteroatoms. The molecule has 0 radical (unpaired) electrons. The Morgan fingerprint density at radius 3 is 2.81 bits per heavy atom. The summed E-state index contributed by atoms with van der Waals surface area (Å²) in [5, 5.41) is 7.62. The molecule has 21 heavy (non-hydrogen) atoms. The number of ketones is 1. The molecular weight excluding hydrogens is 270 g/mol. The van der Waals surface area contributed by atoms with E-state index in [-0.39, 0.29) is 17.6 Å². The molecular formula is C15H15N3O3. The maximum Gasteiger partial charge on any atom is 0.235 e. The number of nitrogens with zero attached hydrogens (tertiary/aromatic N) is 2. The van der Waals surface area contributed by atoms with Gasteiger partial charge in [-0.1, -0.05) is 12.1 Å². The van der Waals surface area contributed by atoms with E-state index in [4.69, 9.17) is 0 Å². The minimum absolute atomic E-state index is 0.0133. The maximum absolute atomic E-state index is 12.0. The number of piperidine rings is 1. The van der Waals surface area contributed by atoms with Gasteiger partial charge in [0.2, 0.25) is 11.8 Å². The van der Waals surface area contributed by atoms with Crippen molar-refractivity contribution in [1.29, 1.82) is 0 Å². The highest BCUT2D eigenvalue weighted by molar-refractivity contribution is 6.03. The smallest absolute Gasteiger partial charge is 0.235 e. The quantitative estimate of drug-likeness (QED) is 0.666. The highest BCUT2D eigenvalue weighted by atomic mass is 16.2. The van der Waals surface area contributed by atoms with Gasteiger partial charge < -0.3 is 0 Å². The van der Waals surface area contributed by atoms with E-state index in [0.717, 1.165) is 10.9 Å². The summed E-state index contributed by atoms with van der Waals surface area (Å²) in [5.74, 6) is -0.979. The number of carbonyl (C=O) groups is 3. The zero-order valence-electron chi connectivity index (χ0n) is 11.8. The standard InChI is InChI=1S/C15H15N3O3/c1-8(19)9-3-4-10-12(7-9)18(2)17-14(10)11-5-6-13(20)16-15(11)21/h3-4,7,11H,5-6H2,1-2H3,(H,16,20,21). The monoisotopic (exact) mass is 285 g/mol. The third-order valence-electron chi connectivity index (χ3n) is 3.86. The zero-order chi connectivity index (χ0) is 15.1. The number of benzene rings is 1. The van der Waals surface area contributed by atoms with Gasteiger partial charge in [0.15, 0.2) is 5.78 Å². The van der Waals surface area contributed by atoms with Crippen LogP contribution in [0.25, 0.3) is 10.9 Å². The topological polar surface area (TPSA) is 81.1 Å². The van der Waals surface area contributed by atoms with Crippen LogP contribution in [0, 0.1) is 0 Å². The Balaban J connectivity index is 2.10. The summed E-state index contributed by atoms with van der Waals surface area (Å²) in [5.41, 5.74) is 2.08. The molecule has 1 atom stereocenters. The number of rotatable bonds is 2. The molecule has 108 valence electrons. The second-order valence-corrected chi connectivity index (χ2v) is 5.30. The number of carbonyl (C=O) groups excluding carboxylic acids is 3. The number of hydrogen-bond acceptors (Lipinski definition) is 4. The third-order valence-corrected chi connectivity index (χ3v) is 3.86. The van der Waals surface area contributed by atoms with Crippen molar-refractivity contribution in [2.24, 2.45) is 7.05 Å². The summed E-state index contributed by atoms with van der Waals surface area (Å²) in [4.78, 5) is 34.7. The number of imide groups is 1. The van der Waals surface area contributed by atoms with Crippen molar-refractivity contribution in [1.82, 2.24) is 15.1 Å². The van der Waals surface area contributed by atoms with Gasteiger partial charge >= 0.3 is 0 Å². The molecule has 1 aliphatic heterocycles. The first-order valence-electron chi connectivity index (χ1n) is 6.78. The van der Waals surface area contributed by atoms with Gasteiger partial charge in [-0.3, -0.25) is 24.4 Å². The van der Waals surface area contributed by atoms with Crippen LogP contribution >= 0.6 is 0 Å². The molecule has 0 aliphatic carbocycles. The third kappa shape index (κ3) is 2.22. The minimum Gasteiger partial charge on any atom is -0.296 e. The number of Topliss-reactive ketones (excluding diaryl/α,β-unsaturated/α-hetero) is 1. The summed E-state index contributed by atoms with van der Waals surface area (Å²) < 4.78 is 1.67. The summed E-state index contributed by atoms with van der Waals surface area (Å²) in [7, 11) is 1.78. The molecule has 2 amide bonds. The Morgan fingerprint density at radius 2 is 2.14 bits per heavy atom. The zero-order valence-corrected chi connectivity index (χ0v) is 11.8. The Hall–Kier alpha value is -2.50. The Kier molecular flexibility index (Phi) is 3.08. The van der Waals surface area contributed by atoms with Crippen molar-refractivity contribution in [3.63, 3.8) is 0 Å². The largest absolute Gasteiger partial charge is 0.296 e. The number of amides is 2. The lowest BCUT2D eigenvalue weighted by Gasteiger charge is -2.19. The first-order chi connectivity index (χ1) is 9.97. The van der Waals surface area contributed by atoms with Crippen molar-refractivity contribution in [3.05, 3.63) is 29.5 Å². The van der Waals surface area contributed by atoms with Gasteiger partial charge in [-0.2, -0.15) is 5.10 Å². The number of nitrogens with one attached hydrogen (secondary N) is 1. The molecule has 1 aliphatic rings. The molecule has 1 saturated heterocycles. The van der Waals surface area contributed by atoms with Crippen molar-refractivity contribution < 1.29 is 14.4 Å². The summed E-state index contributed by atoms with van der Waals surface area (Å²) in [6.07, 6.45) is 0.783. The fourth-order valence-corrected chi connectivity index (χ4v) is 2.72. The van der Waals surface area contributed by atoms with E-state index < -0.39 is 5.92 Å². The van der Waals surface area contributed by atoms with E-state index in [0.29, 0.717) is 24.1 Å². The second kappa shape index (κ2) is 4.80. The van der Waals surface area contributed by atoms with E-state index in [9.17, 15) is 14.4 Å². The van der Waals surface area contributed by atoms with E-state index >= 15 is 0 Å². The summed E-state index contributed by atoms with van der Waals surface area (Å²) in [6, 6.07) is 5.33. The Bertz CT molecular complexity index is 776. The normalized spacial score (nSPS) is 18.9. The highest BCUT2D eigenvalue weighted by Gasteiger charge is 2.31. The fourth-order valence-electron chi connectivity index (χ4n) is 2.72. The van der Waals surface area contributed by atoms with Crippen LogP contribution in [0.2, 0.25) is 0 Å². The molecule has 2 heterocycles. The lowest BCUT2D eigenvalue weighted by atomic mass is 9.92. The molecule has 0 spiro atoms. The summed E-state index contributed by atoms with van der Waals surface area (Å²) >= 11 is 0. The highest BCUT2D eigenvalue weighted by Crippen LogP contribution is 2.30.